The smallest absolute Gasteiger partial charge is 0.135 e. The van der Waals surface area contributed by atoms with E-state index in [-0.39, 0.29) is 0 Å². The number of para-hydroxylation sites is 1. The molecule has 1 heteroatoms. The molecule has 9 rings (SSSR count). The van der Waals surface area contributed by atoms with Crippen molar-refractivity contribution in [3.63, 3.8) is 0 Å². The number of aryl methyl sites for hydroxylation is 2. The predicted octanol–water partition coefficient (Wildman–Crippen LogP) is 16.4. The second kappa shape index (κ2) is 20.3. The molecule has 0 fully saturated rings. The fourth-order valence-corrected chi connectivity index (χ4v) is 6.75. The number of fused-ring (bicyclic) bond motifs is 3. The number of unbranched alkanes of at least 4 members (excludes halogenated alkanes) is 2. The van der Waals surface area contributed by atoms with Gasteiger partial charge < -0.3 is 4.42 Å². The summed E-state index contributed by atoms with van der Waals surface area (Å²) in [6.45, 7) is 8.77. The highest BCUT2D eigenvalue weighted by Crippen LogP contribution is 2.33. The lowest BCUT2D eigenvalue weighted by molar-refractivity contribution is 0.669. The van der Waals surface area contributed by atoms with Crippen LogP contribution in [-0.2, 0) is 0 Å². The molecule has 0 radical (unpaired) electrons. The minimum atomic E-state index is 0.945. The zero-order chi connectivity index (χ0) is 39.0. The Bertz CT molecular complexity index is 2470. The molecule has 56 heavy (non-hydrogen) atoms. The van der Waals surface area contributed by atoms with Gasteiger partial charge in [-0.25, -0.2) is 0 Å². The summed E-state index contributed by atoms with van der Waals surface area (Å²) in [6, 6.07) is 71.6. The zero-order valence-electron chi connectivity index (χ0n) is 33.2. The summed E-state index contributed by atoms with van der Waals surface area (Å²) < 4.78 is 5.84. The van der Waals surface area contributed by atoms with Crippen molar-refractivity contribution in [1.82, 2.24) is 0 Å². The Morgan fingerprint density at radius 2 is 0.732 bits per heavy atom. The molecule has 1 nitrogen and oxygen atoms in total. The van der Waals surface area contributed by atoms with Gasteiger partial charge in [-0.3, -0.25) is 0 Å². The van der Waals surface area contributed by atoms with Crippen LogP contribution in [0.4, 0.5) is 0 Å². The van der Waals surface area contributed by atoms with Crippen molar-refractivity contribution in [3.05, 3.63) is 217 Å². The van der Waals surface area contributed by atoms with Crippen molar-refractivity contribution in [2.75, 3.05) is 0 Å². The molecule has 0 N–H and O–H groups in total. The summed E-state index contributed by atoms with van der Waals surface area (Å²) in [6.07, 6.45) is 4.08. The van der Waals surface area contributed by atoms with Crippen molar-refractivity contribution in [1.29, 1.82) is 0 Å². The first-order chi connectivity index (χ1) is 27.6. The van der Waals surface area contributed by atoms with E-state index in [1.165, 1.54) is 85.7 Å². The largest absolute Gasteiger partial charge is 0.456 e. The summed E-state index contributed by atoms with van der Waals surface area (Å²) in [5.74, 6) is 0. The molecular formula is C55H52O. The van der Waals surface area contributed by atoms with Crippen molar-refractivity contribution < 1.29 is 4.42 Å². The highest BCUT2D eigenvalue weighted by Gasteiger charge is 2.08. The van der Waals surface area contributed by atoms with Crippen molar-refractivity contribution in [2.45, 2.75) is 47.0 Å². The number of hydrogen-bond acceptors (Lipinski definition) is 1. The third kappa shape index (κ3) is 10.4. The Kier molecular flexibility index (Phi) is 14.2. The molecule has 0 amide bonds. The third-order valence-electron chi connectivity index (χ3n) is 9.85. The van der Waals surface area contributed by atoms with Crippen LogP contribution in [0.15, 0.2) is 211 Å². The van der Waals surface area contributed by atoms with Gasteiger partial charge in [0.15, 0.2) is 0 Å². The van der Waals surface area contributed by atoms with Crippen LogP contribution in [0.5, 0.6) is 0 Å². The predicted molar refractivity (Wildman–Crippen MR) is 243 cm³/mol. The molecule has 0 bridgehead atoms. The van der Waals surface area contributed by atoms with Crippen LogP contribution in [0, 0.1) is 13.8 Å². The molecule has 0 aliphatic heterocycles. The van der Waals surface area contributed by atoms with Gasteiger partial charge in [-0.2, -0.15) is 0 Å². The number of hydrogen-bond donors (Lipinski definition) is 0. The van der Waals surface area contributed by atoms with Gasteiger partial charge in [-0.15, -0.1) is 0 Å². The second-order valence-electron chi connectivity index (χ2n) is 14.0. The molecule has 0 saturated carbocycles. The Hall–Kier alpha value is -6.44. The van der Waals surface area contributed by atoms with Crippen LogP contribution in [0.1, 0.15) is 44.2 Å². The molecule has 1 aromatic heterocycles. The lowest BCUT2D eigenvalue weighted by atomic mass is 9.93. The average Bonchev–Trinajstić information content (AvgIpc) is 3.64. The van der Waals surface area contributed by atoms with Crippen LogP contribution in [-0.4, -0.2) is 0 Å². The maximum absolute atomic E-state index is 5.84. The van der Waals surface area contributed by atoms with Gasteiger partial charge in [0.1, 0.15) is 11.2 Å². The van der Waals surface area contributed by atoms with E-state index < -0.39 is 0 Å². The van der Waals surface area contributed by atoms with Crippen LogP contribution < -0.4 is 0 Å². The second-order valence-corrected chi connectivity index (χ2v) is 14.0. The fourth-order valence-electron chi connectivity index (χ4n) is 6.75. The van der Waals surface area contributed by atoms with Gasteiger partial charge in [0.05, 0.1) is 0 Å². The average molecular weight is 729 g/mol. The maximum atomic E-state index is 5.84. The third-order valence-corrected chi connectivity index (χ3v) is 9.85. The quantitative estimate of drug-likeness (QED) is 0.166. The van der Waals surface area contributed by atoms with Crippen LogP contribution in [0.25, 0.3) is 66.4 Å². The molecule has 1 heterocycles. The lowest BCUT2D eigenvalue weighted by Gasteiger charge is -2.12. The zero-order valence-corrected chi connectivity index (χ0v) is 33.2. The molecule has 0 aliphatic rings. The molecule has 9 aromatic rings. The van der Waals surface area contributed by atoms with E-state index in [2.05, 4.69) is 198 Å². The molecule has 0 spiro atoms. The Labute approximate surface area is 334 Å². The maximum Gasteiger partial charge on any atom is 0.135 e. The van der Waals surface area contributed by atoms with Gasteiger partial charge in [-0.1, -0.05) is 215 Å². The van der Waals surface area contributed by atoms with E-state index in [1.807, 2.05) is 36.4 Å². The van der Waals surface area contributed by atoms with Crippen molar-refractivity contribution >= 4 is 21.9 Å². The molecule has 0 atom stereocenters. The summed E-state index contributed by atoms with van der Waals surface area (Å²) in [7, 11) is 0. The highest BCUT2D eigenvalue weighted by molar-refractivity contribution is 6.06. The molecule has 8 aromatic carbocycles. The summed E-state index contributed by atoms with van der Waals surface area (Å²) >= 11 is 0. The minimum Gasteiger partial charge on any atom is -0.456 e. The van der Waals surface area contributed by atoms with Crippen LogP contribution in [0.3, 0.4) is 0 Å². The first-order valence-corrected chi connectivity index (χ1v) is 19.8. The van der Waals surface area contributed by atoms with E-state index in [0.29, 0.717) is 0 Å². The SMILES string of the molecule is CCCCC.Cc1ccccc1-c1cc(-c2ccccc2)ccc1C.c1ccc(-c2ccc3oc4ccccc4c3c2)cc1.c1ccc(-c2ccccc2)cc1. The Morgan fingerprint density at radius 3 is 1.25 bits per heavy atom. The van der Waals surface area contributed by atoms with E-state index in [4.69, 9.17) is 4.42 Å². The summed E-state index contributed by atoms with van der Waals surface area (Å²) in [4.78, 5) is 0. The number of benzene rings is 8. The van der Waals surface area contributed by atoms with Gasteiger partial charge in [-0.05, 0) is 93.7 Å². The topological polar surface area (TPSA) is 13.1 Å². The summed E-state index contributed by atoms with van der Waals surface area (Å²) in [5.41, 5.74) is 14.7. The molecule has 278 valence electrons. The summed E-state index contributed by atoms with van der Waals surface area (Å²) in [5, 5.41) is 2.35. The van der Waals surface area contributed by atoms with Gasteiger partial charge >= 0.3 is 0 Å². The Balaban J connectivity index is 0.000000138. The standard InChI is InChI=1S/C20H18.C18H12O.C12H10.C5H12/c1-15-8-6-7-11-19(15)20-14-18(13-12-16(20)2)17-9-4-3-5-10-17;1-2-6-13(7-3-1)14-10-11-18-16(12-14)15-8-4-5-9-17(15)19-18;1-3-7-11(8-4-1)12-9-5-2-6-10-12;1-3-5-4-2/h3-14H,1-2H3;1-12H;1-10H;3-5H2,1-2H3. The Morgan fingerprint density at radius 1 is 0.321 bits per heavy atom. The molecule has 0 unspecified atom stereocenters. The highest BCUT2D eigenvalue weighted by atomic mass is 16.3. The van der Waals surface area contributed by atoms with E-state index in [1.54, 1.807) is 0 Å². The van der Waals surface area contributed by atoms with E-state index in [9.17, 15) is 0 Å². The number of rotatable bonds is 6. The first-order valence-electron chi connectivity index (χ1n) is 19.8. The van der Waals surface area contributed by atoms with Gasteiger partial charge in [0, 0.05) is 10.8 Å². The van der Waals surface area contributed by atoms with E-state index >= 15 is 0 Å². The van der Waals surface area contributed by atoms with Crippen molar-refractivity contribution in [3.8, 4) is 44.5 Å². The van der Waals surface area contributed by atoms with Gasteiger partial charge in [0.25, 0.3) is 0 Å². The lowest BCUT2D eigenvalue weighted by Crippen LogP contribution is -1.88. The van der Waals surface area contributed by atoms with Crippen LogP contribution in [0.2, 0.25) is 0 Å². The van der Waals surface area contributed by atoms with Gasteiger partial charge in [0.2, 0.25) is 0 Å². The minimum absolute atomic E-state index is 0.945. The van der Waals surface area contributed by atoms with E-state index in [0.717, 1.165) is 11.2 Å². The molecule has 0 aliphatic carbocycles. The first kappa shape index (κ1) is 39.3. The molecule has 0 saturated heterocycles. The monoisotopic (exact) mass is 728 g/mol. The molecular weight excluding hydrogens is 677 g/mol. The van der Waals surface area contributed by atoms with Crippen LogP contribution >= 0.6 is 0 Å². The van der Waals surface area contributed by atoms with Crippen molar-refractivity contribution in [2.24, 2.45) is 0 Å². The normalized spacial score (nSPS) is 10.4. The number of furan rings is 1. The fraction of sp³-hybridized carbons (Fsp3) is 0.127.